The molecule has 0 spiro atoms. The second kappa shape index (κ2) is 12.2. The van der Waals surface area contributed by atoms with Crippen LogP contribution < -0.4 is 10.6 Å². The minimum Gasteiger partial charge on any atom is -0.382 e. The van der Waals surface area contributed by atoms with Gasteiger partial charge in [0.05, 0.1) is 49.9 Å². The minimum absolute atomic E-state index is 0.0657. The molecule has 1 saturated heterocycles. The first-order valence-corrected chi connectivity index (χ1v) is 13.3. The van der Waals surface area contributed by atoms with Crippen LogP contribution in [0.1, 0.15) is 67.7 Å². The van der Waals surface area contributed by atoms with E-state index in [0.717, 1.165) is 25.1 Å². The highest BCUT2D eigenvalue weighted by molar-refractivity contribution is 5.90. The lowest BCUT2D eigenvalue weighted by Gasteiger charge is -2.30. The van der Waals surface area contributed by atoms with E-state index in [9.17, 15) is 35.9 Å². The Morgan fingerprint density at radius 1 is 1.16 bits per heavy atom. The Labute approximate surface area is 246 Å². The number of fused-ring (bicyclic) bond motifs is 1. The summed E-state index contributed by atoms with van der Waals surface area (Å²) in [6, 6.07) is -4.02. The Morgan fingerprint density at radius 2 is 1.86 bits per heavy atom. The smallest absolute Gasteiger partial charge is 0.382 e. The van der Waals surface area contributed by atoms with Gasteiger partial charge in [-0.15, -0.1) is 0 Å². The zero-order valence-electron chi connectivity index (χ0n) is 24.3. The average Bonchev–Trinajstić information content (AvgIpc) is 3.66. The normalized spacial score (nSPS) is 17.8. The minimum atomic E-state index is -4.72. The summed E-state index contributed by atoms with van der Waals surface area (Å²) in [5.41, 5.74) is -2.09. The van der Waals surface area contributed by atoms with E-state index in [4.69, 9.17) is 9.47 Å². The van der Waals surface area contributed by atoms with Crippen molar-refractivity contribution in [2.45, 2.75) is 69.8 Å². The first-order valence-electron chi connectivity index (χ1n) is 13.3. The van der Waals surface area contributed by atoms with Crippen LogP contribution in [0.25, 0.3) is 5.65 Å². The van der Waals surface area contributed by atoms with Crippen molar-refractivity contribution < 1.29 is 45.4 Å². The molecule has 242 valence electrons. The van der Waals surface area contributed by atoms with Crippen LogP contribution in [-0.2, 0) is 9.47 Å². The number of methoxy groups -OCH3 is 1. The SMILES string of the molecule is COC[C@H](c1cnn2cc(C(COC(C)(C)C(F)(F)F)NC(=O)c3ncnn3C(C)C)nc2c1)N1C[C@@H](C(F)(F)F)NC1=O. The van der Waals surface area contributed by atoms with Gasteiger partial charge in [0.1, 0.15) is 12.4 Å². The van der Waals surface area contributed by atoms with Crippen molar-refractivity contribution in [3.05, 3.63) is 41.9 Å². The summed E-state index contributed by atoms with van der Waals surface area (Å²) in [6.45, 7) is 3.72. The molecule has 0 radical (unpaired) electrons. The van der Waals surface area contributed by atoms with Gasteiger partial charge in [0.25, 0.3) is 5.91 Å². The maximum atomic E-state index is 13.5. The highest BCUT2D eigenvalue weighted by Crippen LogP contribution is 2.34. The van der Waals surface area contributed by atoms with Gasteiger partial charge >= 0.3 is 18.4 Å². The molecular formula is C25H31F6N9O4. The van der Waals surface area contributed by atoms with Crippen molar-refractivity contribution >= 4 is 17.6 Å². The molecule has 44 heavy (non-hydrogen) atoms. The fraction of sp³-hybridized carbons (Fsp3) is 0.600. The molecule has 3 aromatic heterocycles. The van der Waals surface area contributed by atoms with E-state index in [0.29, 0.717) is 0 Å². The zero-order chi connectivity index (χ0) is 32.6. The Kier molecular flexibility index (Phi) is 9.11. The van der Waals surface area contributed by atoms with Crippen molar-refractivity contribution in [1.82, 2.24) is 44.9 Å². The van der Waals surface area contributed by atoms with Crippen LogP contribution in [0.4, 0.5) is 31.1 Å². The Hall–Kier alpha value is -4.00. The molecule has 2 N–H and O–H groups in total. The second-order valence-corrected chi connectivity index (χ2v) is 10.9. The quantitative estimate of drug-likeness (QED) is 0.306. The van der Waals surface area contributed by atoms with Gasteiger partial charge < -0.3 is 25.0 Å². The molecular weight excluding hydrogens is 604 g/mol. The van der Waals surface area contributed by atoms with Crippen LogP contribution in [0.2, 0.25) is 0 Å². The number of aromatic nitrogens is 6. The predicted octanol–water partition coefficient (Wildman–Crippen LogP) is 3.37. The monoisotopic (exact) mass is 635 g/mol. The maximum absolute atomic E-state index is 13.5. The molecule has 0 aliphatic carbocycles. The third kappa shape index (κ3) is 6.87. The number of carbonyl (C=O) groups is 2. The van der Waals surface area contributed by atoms with E-state index >= 15 is 0 Å². The van der Waals surface area contributed by atoms with Crippen LogP contribution in [0, 0.1) is 0 Å². The molecule has 19 heteroatoms. The third-order valence-electron chi connectivity index (χ3n) is 7.00. The van der Waals surface area contributed by atoms with Crippen LogP contribution in [0.15, 0.2) is 24.8 Å². The molecule has 3 aromatic rings. The van der Waals surface area contributed by atoms with Crippen LogP contribution in [-0.4, -0.2) is 97.1 Å². The van der Waals surface area contributed by atoms with Gasteiger partial charge in [-0.2, -0.15) is 36.5 Å². The van der Waals surface area contributed by atoms with Gasteiger partial charge in [-0.25, -0.2) is 24.0 Å². The lowest BCUT2D eigenvalue weighted by molar-refractivity contribution is -0.265. The number of nitrogens with zero attached hydrogens (tertiary/aromatic N) is 7. The average molecular weight is 636 g/mol. The number of imidazole rings is 1. The molecule has 3 atom stereocenters. The number of rotatable bonds is 11. The van der Waals surface area contributed by atoms with Gasteiger partial charge in [0, 0.05) is 18.7 Å². The number of halogens is 6. The van der Waals surface area contributed by atoms with Crippen molar-refractivity contribution in [2.75, 3.05) is 26.9 Å². The van der Waals surface area contributed by atoms with E-state index in [1.165, 1.54) is 34.8 Å². The summed E-state index contributed by atoms with van der Waals surface area (Å²) in [7, 11) is 1.32. The molecule has 0 bridgehead atoms. The molecule has 4 heterocycles. The van der Waals surface area contributed by atoms with Crippen molar-refractivity contribution in [3.63, 3.8) is 0 Å². The fourth-order valence-electron chi connectivity index (χ4n) is 4.38. The van der Waals surface area contributed by atoms with E-state index in [1.807, 2.05) is 5.32 Å². The number of urea groups is 1. The van der Waals surface area contributed by atoms with E-state index in [-0.39, 0.29) is 35.4 Å². The Balaban J connectivity index is 1.66. The Bertz CT molecular complexity index is 1490. The molecule has 13 nitrogen and oxygen atoms in total. The van der Waals surface area contributed by atoms with Crippen LogP contribution >= 0.6 is 0 Å². The fourth-order valence-corrected chi connectivity index (χ4v) is 4.38. The number of hydrogen-bond acceptors (Lipinski definition) is 8. The zero-order valence-corrected chi connectivity index (χ0v) is 24.3. The van der Waals surface area contributed by atoms with E-state index in [2.05, 4.69) is 25.5 Å². The van der Waals surface area contributed by atoms with Crippen molar-refractivity contribution in [3.8, 4) is 0 Å². The molecule has 0 saturated carbocycles. The second-order valence-electron chi connectivity index (χ2n) is 10.9. The summed E-state index contributed by atoms with van der Waals surface area (Å²) in [6.07, 6.45) is -5.56. The van der Waals surface area contributed by atoms with Crippen molar-refractivity contribution in [2.24, 2.45) is 0 Å². The molecule has 4 rings (SSSR count). The lowest BCUT2D eigenvalue weighted by atomic mass is 10.1. The number of hydrogen-bond donors (Lipinski definition) is 2. The summed E-state index contributed by atoms with van der Waals surface area (Å²) in [5.74, 6) is -0.840. The molecule has 1 fully saturated rings. The van der Waals surface area contributed by atoms with E-state index < -0.39 is 61.2 Å². The Morgan fingerprint density at radius 3 is 2.45 bits per heavy atom. The lowest BCUT2D eigenvalue weighted by Crippen LogP contribution is -2.44. The molecule has 0 aromatic carbocycles. The van der Waals surface area contributed by atoms with Gasteiger partial charge in [-0.3, -0.25) is 4.79 Å². The third-order valence-corrected chi connectivity index (χ3v) is 7.00. The highest BCUT2D eigenvalue weighted by atomic mass is 19.4. The first-order chi connectivity index (χ1) is 20.4. The number of alkyl halides is 6. The number of nitrogens with one attached hydrogen (secondary N) is 2. The first kappa shape index (κ1) is 32.9. The summed E-state index contributed by atoms with van der Waals surface area (Å²) >= 11 is 0. The highest BCUT2D eigenvalue weighted by Gasteiger charge is 2.50. The van der Waals surface area contributed by atoms with E-state index in [1.54, 1.807) is 13.8 Å². The molecule has 1 aliphatic heterocycles. The van der Waals surface area contributed by atoms with Crippen LogP contribution in [0.5, 0.6) is 0 Å². The largest absolute Gasteiger partial charge is 0.416 e. The summed E-state index contributed by atoms with van der Waals surface area (Å²) in [4.78, 5) is 34.9. The predicted molar refractivity (Wildman–Crippen MR) is 139 cm³/mol. The summed E-state index contributed by atoms with van der Waals surface area (Å²) < 4.78 is 93.4. The van der Waals surface area contributed by atoms with Gasteiger partial charge in [-0.05, 0) is 33.8 Å². The van der Waals surface area contributed by atoms with Gasteiger partial charge in [-0.1, -0.05) is 0 Å². The topological polar surface area (TPSA) is 141 Å². The maximum Gasteiger partial charge on any atom is 0.416 e. The molecule has 3 amide bonds. The number of carbonyl (C=O) groups excluding carboxylic acids is 2. The van der Waals surface area contributed by atoms with Crippen molar-refractivity contribution in [1.29, 1.82) is 0 Å². The number of ether oxygens (including phenoxy) is 2. The molecule has 1 aliphatic rings. The molecule has 1 unspecified atom stereocenters. The van der Waals surface area contributed by atoms with Gasteiger partial charge in [0.15, 0.2) is 11.2 Å². The number of amides is 3. The van der Waals surface area contributed by atoms with Crippen LogP contribution in [0.3, 0.4) is 0 Å². The summed E-state index contributed by atoms with van der Waals surface area (Å²) in [5, 5.41) is 12.7. The van der Waals surface area contributed by atoms with Gasteiger partial charge in [0.2, 0.25) is 5.82 Å². The standard InChI is InChI=1S/C25H31F6N9O4/c1-13(2)40-20(32-12-34-40)21(41)36-16(10-44-23(3,4)25(29,30)31)15-8-39-19(35-15)6-14(7-33-39)17(11-43-5)38-9-18(24(26,27)28)37-22(38)42/h6-8,12-13,16-18H,9-11H2,1-5H3,(H,36,41)(H,37,42)/t16?,17-,18+/m1/s1.